The molecule has 1 aromatic heterocycles. The zero-order chi connectivity index (χ0) is 15.0. The second-order valence-electron chi connectivity index (χ2n) is 9.84. The highest BCUT2D eigenvalue weighted by atomic mass is 35.5. The maximum Gasteiger partial charge on any atom is 0.0307 e. The van der Waals surface area contributed by atoms with Crippen LogP contribution in [0.25, 0.3) is 0 Å². The first-order chi connectivity index (χ1) is 10.5. The van der Waals surface area contributed by atoms with Gasteiger partial charge in [-0.3, -0.25) is 0 Å². The van der Waals surface area contributed by atoms with Gasteiger partial charge in [-0.25, -0.2) is 0 Å². The van der Waals surface area contributed by atoms with Crippen molar-refractivity contribution in [2.45, 2.75) is 83.2 Å². The molecule has 1 aromatic rings. The molecular formula is C20H30ClNS. The van der Waals surface area contributed by atoms with Crippen LogP contribution in [0.5, 0.6) is 0 Å². The zero-order valence-electron chi connectivity index (χ0n) is 14.5. The molecule has 23 heavy (non-hydrogen) atoms. The van der Waals surface area contributed by atoms with Gasteiger partial charge < -0.3 is 5.32 Å². The lowest BCUT2D eigenvalue weighted by molar-refractivity contribution is -0.118. The van der Waals surface area contributed by atoms with Gasteiger partial charge in [-0.2, -0.15) is 0 Å². The van der Waals surface area contributed by atoms with E-state index < -0.39 is 0 Å². The number of rotatable bonds is 4. The highest BCUT2D eigenvalue weighted by molar-refractivity contribution is 7.10. The van der Waals surface area contributed by atoms with E-state index in [1.165, 1.54) is 51.4 Å². The standard InChI is InChI=1S/C20H29NS.ClH/c1-18-7-14-8-19(2,11-18)13-20(9-14,12-18)21-10-17-16(5-6-22-17)15-3-4-15;/h5-6,14-15,21H,3-4,7-13H2,1-2H3;1H/t14?,18-,19+,20?;. The summed E-state index contributed by atoms with van der Waals surface area (Å²) < 4.78 is 0. The molecule has 5 saturated carbocycles. The molecule has 0 amide bonds. The van der Waals surface area contributed by atoms with E-state index in [9.17, 15) is 0 Å². The Kier molecular flexibility index (Phi) is 3.73. The van der Waals surface area contributed by atoms with Crippen molar-refractivity contribution in [1.29, 1.82) is 0 Å². The minimum atomic E-state index is 0. The summed E-state index contributed by atoms with van der Waals surface area (Å²) in [5, 5.41) is 6.43. The predicted molar refractivity (Wildman–Crippen MR) is 101 cm³/mol. The van der Waals surface area contributed by atoms with Crippen molar-refractivity contribution in [3.8, 4) is 0 Å². The van der Waals surface area contributed by atoms with Gasteiger partial charge in [0.15, 0.2) is 0 Å². The van der Waals surface area contributed by atoms with Crippen LogP contribution < -0.4 is 5.32 Å². The van der Waals surface area contributed by atoms with Gasteiger partial charge in [0, 0.05) is 17.0 Å². The smallest absolute Gasteiger partial charge is 0.0307 e. The van der Waals surface area contributed by atoms with Gasteiger partial charge >= 0.3 is 0 Å². The first-order valence-electron chi connectivity index (χ1n) is 9.28. The molecule has 0 aliphatic heterocycles. The molecule has 0 spiro atoms. The van der Waals surface area contributed by atoms with Crippen molar-refractivity contribution in [3.05, 3.63) is 21.9 Å². The van der Waals surface area contributed by atoms with Crippen LogP contribution in [0.3, 0.4) is 0 Å². The molecule has 1 nitrogen and oxygen atoms in total. The number of hydrogen-bond donors (Lipinski definition) is 1. The summed E-state index contributed by atoms with van der Waals surface area (Å²) >= 11 is 1.98. The van der Waals surface area contributed by atoms with E-state index in [-0.39, 0.29) is 12.4 Å². The van der Waals surface area contributed by atoms with Crippen molar-refractivity contribution in [2.75, 3.05) is 0 Å². The van der Waals surface area contributed by atoms with Crippen molar-refractivity contribution in [1.82, 2.24) is 5.32 Å². The Morgan fingerprint density at radius 1 is 1.09 bits per heavy atom. The van der Waals surface area contributed by atoms with Crippen LogP contribution in [-0.4, -0.2) is 5.54 Å². The van der Waals surface area contributed by atoms with Gasteiger partial charge in [0.1, 0.15) is 0 Å². The molecule has 0 aromatic carbocycles. The summed E-state index contributed by atoms with van der Waals surface area (Å²) in [5.41, 5.74) is 3.36. The lowest BCUT2D eigenvalue weighted by atomic mass is 9.43. The molecule has 4 bridgehead atoms. The minimum Gasteiger partial charge on any atom is -0.306 e. The molecular weight excluding hydrogens is 322 g/mol. The van der Waals surface area contributed by atoms with E-state index in [1.54, 1.807) is 10.4 Å². The Hall–Kier alpha value is -0.0500. The predicted octanol–water partition coefficient (Wildman–Crippen LogP) is 5.89. The second kappa shape index (κ2) is 5.22. The Bertz CT molecular complexity index is 587. The maximum absolute atomic E-state index is 4.11. The fourth-order valence-corrected chi connectivity index (χ4v) is 8.07. The summed E-state index contributed by atoms with van der Waals surface area (Å²) in [6, 6.07) is 2.39. The van der Waals surface area contributed by atoms with E-state index >= 15 is 0 Å². The van der Waals surface area contributed by atoms with E-state index in [0.717, 1.165) is 18.4 Å². The summed E-state index contributed by atoms with van der Waals surface area (Å²) in [5.74, 6) is 1.89. The number of thiophene rings is 1. The molecule has 1 heterocycles. The molecule has 5 aliphatic rings. The van der Waals surface area contributed by atoms with Crippen molar-refractivity contribution in [3.63, 3.8) is 0 Å². The van der Waals surface area contributed by atoms with Crippen LogP contribution in [0, 0.1) is 16.7 Å². The van der Waals surface area contributed by atoms with Crippen LogP contribution in [0.4, 0.5) is 0 Å². The third kappa shape index (κ3) is 2.79. The first kappa shape index (κ1) is 16.4. The molecule has 3 heteroatoms. The average Bonchev–Trinajstić information content (AvgIpc) is 3.11. The fraction of sp³-hybridized carbons (Fsp3) is 0.800. The highest BCUT2D eigenvalue weighted by Gasteiger charge is 2.59. The molecule has 5 fully saturated rings. The van der Waals surface area contributed by atoms with Gasteiger partial charge in [-0.15, -0.1) is 23.7 Å². The Morgan fingerprint density at radius 3 is 2.39 bits per heavy atom. The van der Waals surface area contributed by atoms with E-state index in [0.29, 0.717) is 16.4 Å². The van der Waals surface area contributed by atoms with Crippen LogP contribution in [0.1, 0.15) is 81.6 Å². The summed E-state index contributed by atoms with van der Waals surface area (Å²) in [7, 11) is 0. The second-order valence-corrected chi connectivity index (χ2v) is 10.8. The normalized spacial score (nSPS) is 44.3. The molecule has 5 aliphatic carbocycles. The maximum atomic E-state index is 4.11. The van der Waals surface area contributed by atoms with Gasteiger partial charge in [-0.05, 0) is 91.0 Å². The Morgan fingerprint density at radius 2 is 1.78 bits per heavy atom. The van der Waals surface area contributed by atoms with Crippen molar-refractivity contribution in [2.24, 2.45) is 16.7 Å². The molecule has 0 saturated heterocycles. The topological polar surface area (TPSA) is 12.0 Å². The summed E-state index contributed by atoms with van der Waals surface area (Å²) in [4.78, 5) is 1.63. The minimum absolute atomic E-state index is 0. The Balaban J connectivity index is 0.00000135. The van der Waals surface area contributed by atoms with Crippen LogP contribution in [0.2, 0.25) is 0 Å². The van der Waals surface area contributed by atoms with Gasteiger partial charge in [0.2, 0.25) is 0 Å². The van der Waals surface area contributed by atoms with Crippen molar-refractivity contribution < 1.29 is 0 Å². The summed E-state index contributed by atoms with van der Waals surface area (Å²) in [6.07, 6.45) is 11.6. The van der Waals surface area contributed by atoms with E-state index in [4.69, 9.17) is 0 Å². The van der Waals surface area contributed by atoms with Crippen LogP contribution >= 0.6 is 23.7 Å². The van der Waals surface area contributed by atoms with Crippen LogP contribution in [0.15, 0.2) is 11.4 Å². The molecule has 128 valence electrons. The lowest BCUT2D eigenvalue weighted by Crippen LogP contribution is -2.63. The van der Waals surface area contributed by atoms with E-state index in [2.05, 4.69) is 30.6 Å². The van der Waals surface area contributed by atoms with E-state index in [1.807, 2.05) is 11.3 Å². The number of halogens is 1. The highest BCUT2D eigenvalue weighted by Crippen LogP contribution is 2.66. The molecule has 4 atom stereocenters. The molecule has 1 N–H and O–H groups in total. The summed E-state index contributed by atoms with van der Waals surface area (Å²) in [6.45, 7) is 6.28. The van der Waals surface area contributed by atoms with Crippen molar-refractivity contribution >= 4 is 23.7 Å². The molecule has 2 unspecified atom stereocenters. The number of hydrogen-bond acceptors (Lipinski definition) is 2. The fourth-order valence-electron chi connectivity index (χ4n) is 7.16. The SMILES string of the molecule is C[C@]12CC3CC(NCc4sccc4C4CC4)(C1)C[C@@](C)(C3)C2.Cl. The molecule has 0 radical (unpaired) electrons. The average molecular weight is 352 g/mol. The third-order valence-corrected chi connectivity index (χ3v) is 7.98. The first-order valence-corrected chi connectivity index (χ1v) is 10.2. The number of nitrogens with one attached hydrogen (secondary N) is 1. The third-order valence-electron chi connectivity index (χ3n) is 7.05. The lowest BCUT2D eigenvalue weighted by Gasteiger charge is -2.65. The largest absolute Gasteiger partial charge is 0.306 e. The van der Waals surface area contributed by atoms with Gasteiger partial charge in [-0.1, -0.05) is 13.8 Å². The quantitative estimate of drug-likeness (QED) is 0.713. The monoisotopic (exact) mass is 351 g/mol. The molecule has 6 rings (SSSR count). The Labute approximate surface area is 151 Å². The van der Waals surface area contributed by atoms with Crippen LogP contribution in [-0.2, 0) is 6.54 Å². The zero-order valence-corrected chi connectivity index (χ0v) is 16.1. The van der Waals surface area contributed by atoms with Gasteiger partial charge in [0.05, 0.1) is 0 Å². The van der Waals surface area contributed by atoms with Gasteiger partial charge in [0.25, 0.3) is 0 Å².